The average Bonchev–Trinajstić information content (AvgIpc) is 2.47. The topological polar surface area (TPSA) is 58.6 Å². The van der Waals surface area contributed by atoms with Crippen molar-refractivity contribution in [1.82, 2.24) is 0 Å². The Kier molecular flexibility index (Phi) is 3.06. The molecule has 0 radical (unpaired) electrons. The van der Waals surface area contributed by atoms with Gasteiger partial charge in [0.05, 0.1) is 17.3 Å². The molecule has 0 saturated carbocycles. The zero-order chi connectivity index (χ0) is 14.1. The van der Waals surface area contributed by atoms with Crippen molar-refractivity contribution in [2.24, 2.45) is 0 Å². The number of hydrogen-bond donors (Lipinski definition) is 2. The fraction of sp³-hybridized carbons (Fsp3) is 0.188. The van der Waals surface area contributed by atoms with Crippen LogP contribution in [0.4, 0.5) is 5.69 Å². The molecule has 1 heterocycles. The summed E-state index contributed by atoms with van der Waals surface area (Å²) < 4.78 is 5.70. The van der Waals surface area contributed by atoms with E-state index in [2.05, 4.69) is 29.6 Å². The fourth-order valence-electron chi connectivity index (χ4n) is 2.28. The number of aromatic carboxylic acids is 1. The number of benzene rings is 2. The Bertz CT molecular complexity index is 649. The highest BCUT2D eigenvalue weighted by molar-refractivity contribution is 5.89. The van der Waals surface area contributed by atoms with Gasteiger partial charge in [0.15, 0.2) is 0 Å². The van der Waals surface area contributed by atoms with Gasteiger partial charge in [-0.25, -0.2) is 4.79 Å². The van der Waals surface area contributed by atoms with Gasteiger partial charge in [-0.2, -0.15) is 0 Å². The molecule has 1 unspecified atom stereocenters. The lowest BCUT2D eigenvalue weighted by molar-refractivity contribution is 0.0697. The van der Waals surface area contributed by atoms with Gasteiger partial charge in [-0.05, 0) is 30.7 Å². The van der Waals surface area contributed by atoms with E-state index in [-0.39, 0.29) is 11.6 Å². The van der Waals surface area contributed by atoms with Crippen LogP contribution in [-0.4, -0.2) is 17.7 Å². The molecule has 0 amide bonds. The van der Waals surface area contributed by atoms with E-state index in [9.17, 15) is 4.79 Å². The van der Waals surface area contributed by atoms with E-state index in [4.69, 9.17) is 9.84 Å². The molecule has 0 aliphatic carbocycles. The first kappa shape index (κ1) is 12.5. The maximum atomic E-state index is 11.0. The number of rotatable bonds is 2. The third-order valence-corrected chi connectivity index (χ3v) is 3.44. The van der Waals surface area contributed by atoms with Crippen LogP contribution in [0.15, 0.2) is 42.5 Å². The van der Waals surface area contributed by atoms with Gasteiger partial charge >= 0.3 is 5.97 Å². The molecule has 1 atom stereocenters. The Balaban J connectivity index is 1.88. The number of fused-ring (bicyclic) bond motifs is 1. The van der Waals surface area contributed by atoms with Crippen LogP contribution in [0.3, 0.4) is 0 Å². The summed E-state index contributed by atoms with van der Waals surface area (Å²) in [6.07, 6.45) is 0. The number of carboxylic acid groups (broad SMARTS) is 1. The highest BCUT2D eigenvalue weighted by Crippen LogP contribution is 2.34. The molecular weight excluding hydrogens is 254 g/mol. The van der Waals surface area contributed by atoms with Crippen molar-refractivity contribution in [3.63, 3.8) is 0 Å². The number of carbonyl (C=O) groups is 1. The first-order valence-corrected chi connectivity index (χ1v) is 6.47. The Morgan fingerprint density at radius 2 is 2.00 bits per heavy atom. The molecule has 1 aliphatic rings. The molecule has 0 spiro atoms. The predicted octanol–water partition coefficient (Wildman–Crippen LogP) is 3.24. The SMILES string of the molecule is Cc1ccc(C2COc3ccc(C(=O)O)cc3N2)cc1. The predicted molar refractivity (Wildman–Crippen MR) is 76.4 cm³/mol. The number of anilines is 1. The zero-order valence-electron chi connectivity index (χ0n) is 11.1. The molecule has 2 aromatic rings. The van der Waals surface area contributed by atoms with Crippen molar-refractivity contribution in [2.75, 3.05) is 11.9 Å². The first-order valence-electron chi connectivity index (χ1n) is 6.47. The average molecular weight is 269 g/mol. The van der Waals surface area contributed by atoms with Crippen LogP contribution in [0.25, 0.3) is 0 Å². The highest BCUT2D eigenvalue weighted by atomic mass is 16.5. The summed E-state index contributed by atoms with van der Waals surface area (Å²) in [5.74, 6) is -0.245. The Morgan fingerprint density at radius 1 is 1.25 bits per heavy atom. The van der Waals surface area contributed by atoms with Crippen LogP contribution in [-0.2, 0) is 0 Å². The molecule has 20 heavy (non-hydrogen) atoms. The molecular formula is C16H15NO3. The van der Waals surface area contributed by atoms with Crippen LogP contribution in [0, 0.1) is 6.92 Å². The van der Waals surface area contributed by atoms with Crippen molar-refractivity contribution in [3.8, 4) is 5.75 Å². The maximum absolute atomic E-state index is 11.0. The molecule has 0 fully saturated rings. The van der Waals surface area contributed by atoms with Crippen molar-refractivity contribution >= 4 is 11.7 Å². The van der Waals surface area contributed by atoms with Crippen molar-refractivity contribution in [1.29, 1.82) is 0 Å². The van der Waals surface area contributed by atoms with Gasteiger partial charge in [-0.3, -0.25) is 0 Å². The minimum atomic E-state index is -0.938. The van der Waals surface area contributed by atoms with E-state index in [1.54, 1.807) is 18.2 Å². The lowest BCUT2D eigenvalue weighted by Gasteiger charge is -2.28. The van der Waals surface area contributed by atoms with Crippen LogP contribution in [0.1, 0.15) is 27.5 Å². The standard InChI is InChI=1S/C16H15NO3/c1-10-2-4-11(5-3-10)14-9-20-15-7-6-12(16(18)19)8-13(15)17-14/h2-8,14,17H,9H2,1H3,(H,18,19). The molecule has 2 N–H and O–H groups in total. The lowest BCUT2D eigenvalue weighted by Crippen LogP contribution is -2.24. The second-order valence-corrected chi connectivity index (χ2v) is 4.93. The third kappa shape index (κ3) is 2.32. The molecule has 0 aromatic heterocycles. The normalized spacial score (nSPS) is 16.8. The van der Waals surface area contributed by atoms with Gasteiger partial charge in [-0.15, -0.1) is 0 Å². The molecule has 3 rings (SSSR count). The van der Waals surface area contributed by atoms with Crippen LogP contribution in [0.2, 0.25) is 0 Å². The fourth-order valence-corrected chi connectivity index (χ4v) is 2.28. The summed E-state index contributed by atoms with van der Waals surface area (Å²) >= 11 is 0. The second kappa shape index (κ2) is 4.89. The highest BCUT2D eigenvalue weighted by Gasteiger charge is 2.21. The molecule has 4 nitrogen and oxygen atoms in total. The van der Waals surface area contributed by atoms with Gasteiger partial charge < -0.3 is 15.2 Å². The van der Waals surface area contributed by atoms with E-state index in [0.717, 1.165) is 11.3 Å². The molecule has 2 aromatic carbocycles. The van der Waals surface area contributed by atoms with E-state index in [1.165, 1.54) is 5.56 Å². The molecule has 102 valence electrons. The number of hydrogen-bond acceptors (Lipinski definition) is 3. The summed E-state index contributed by atoms with van der Waals surface area (Å²) in [5, 5.41) is 12.4. The third-order valence-electron chi connectivity index (χ3n) is 3.44. The monoisotopic (exact) mass is 269 g/mol. The molecule has 0 saturated heterocycles. The second-order valence-electron chi connectivity index (χ2n) is 4.93. The molecule has 0 bridgehead atoms. The van der Waals surface area contributed by atoms with Gasteiger partial charge in [-0.1, -0.05) is 29.8 Å². The quantitative estimate of drug-likeness (QED) is 0.878. The van der Waals surface area contributed by atoms with Gasteiger partial charge in [0.25, 0.3) is 0 Å². The van der Waals surface area contributed by atoms with Crippen LogP contribution >= 0.6 is 0 Å². The summed E-state index contributed by atoms with van der Waals surface area (Å²) in [4.78, 5) is 11.0. The summed E-state index contributed by atoms with van der Waals surface area (Å²) in [7, 11) is 0. The van der Waals surface area contributed by atoms with Crippen molar-refractivity contribution < 1.29 is 14.6 Å². The number of carboxylic acids is 1. The Hall–Kier alpha value is -2.49. The first-order chi connectivity index (χ1) is 9.63. The number of nitrogens with one attached hydrogen (secondary N) is 1. The van der Waals surface area contributed by atoms with Crippen molar-refractivity contribution in [3.05, 3.63) is 59.2 Å². The van der Waals surface area contributed by atoms with Crippen LogP contribution < -0.4 is 10.1 Å². The largest absolute Gasteiger partial charge is 0.489 e. The summed E-state index contributed by atoms with van der Waals surface area (Å²) in [6, 6.07) is 13.1. The number of aryl methyl sites for hydroxylation is 1. The molecule has 4 heteroatoms. The van der Waals surface area contributed by atoms with E-state index < -0.39 is 5.97 Å². The Labute approximate surface area is 117 Å². The van der Waals surface area contributed by atoms with Gasteiger partial charge in [0.2, 0.25) is 0 Å². The zero-order valence-corrected chi connectivity index (χ0v) is 11.1. The lowest BCUT2D eigenvalue weighted by atomic mass is 10.0. The summed E-state index contributed by atoms with van der Waals surface area (Å²) in [6.45, 7) is 2.57. The smallest absolute Gasteiger partial charge is 0.335 e. The van der Waals surface area contributed by atoms with Crippen LogP contribution in [0.5, 0.6) is 5.75 Å². The number of ether oxygens (including phenoxy) is 1. The molecule has 1 aliphatic heterocycles. The minimum absolute atomic E-state index is 0.0344. The van der Waals surface area contributed by atoms with Crippen molar-refractivity contribution in [2.45, 2.75) is 13.0 Å². The summed E-state index contributed by atoms with van der Waals surface area (Å²) in [5.41, 5.74) is 3.31. The van der Waals surface area contributed by atoms with E-state index in [0.29, 0.717) is 12.4 Å². The maximum Gasteiger partial charge on any atom is 0.335 e. The van der Waals surface area contributed by atoms with E-state index in [1.807, 2.05) is 6.92 Å². The minimum Gasteiger partial charge on any atom is -0.489 e. The van der Waals surface area contributed by atoms with Gasteiger partial charge in [0.1, 0.15) is 12.4 Å². The Morgan fingerprint density at radius 3 is 2.70 bits per heavy atom. The van der Waals surface area contributed by atoms with E-state index >= 15 is 0 Å². The van der Waals surface area contributed by atoms with Gasteiger partial charge in [0, 0.05) is 0 Å².